The number of aliphatic hydroxyl groups excluding tert-OH is 1. The molecule has 0 aromatic rings. The lowest BCUT2D eigenvalue weighted by atomic mass is 9.99. The van der Waals surface area contributed by atoms with E-state index in [0.717, 1.165) is 19.5 Å². The molecule has 0 radical (unpaired) electrons. The minimum absolute atomic E-state index is 0.300. The van der Waals surface area contributed by atoms with Crippen LogP contribution in [0.4, 0.5) is 0 Å². The van der Waals surface area contributed by atoms with Gasteiger partial charge in [0.1, 0.15) is 0 Å². The van der Waals surface area contributed by atoms with Crippen molar-refractivity contribution in [1.82, 2.24) is 4.90 Å². The molecule has 0 bridgehead atoms. The van der Waals surface area contributed by atoms with Gasteiger partial charge in [0, 0.05) is 19.2 Å². The third-order valence-corrected chi connectivity index (χ3v) is 2.76. The minimum Gasteiger partial charge on any atom is -0.396 e. The maximum absolute atomic E-state index is 9.03. The SMILES string of the molecule is CC(N)CCN1CCCC(CO)C1. The van der Waals surface area contributed by atoms with Gasteiger partial charge in [0.2, 0.25) is 0 Å². The number of hydrogen-bond acceptors (Lipinski definition) is 3. The number of aliphatic hydroxyl groups is 1. The average Bonchev–Trinajstić information content (AvgIpc) is 2.15. The van der Waals surface area contributed by atoms with Crippen molar-refractivity contribution in [3.63, 3.8) is 0 Å². The van der Waals surface area contributed by atoms with E-state index >= 15 is 0 Å². The molecule has 78 valence electrons. The van der Waals surface area contributed by atoms with Crippen molar-refractivity contribution in [2.24, 2.45) is 11.7 Å². The summed E-state index contributed by atoms with van der Waals surface area (Å²) >= 11 is 0. The van der Waals surface area contributed by atoms with Gasteiger partial charge in [0.05, 0.1) is 0 Å². The molecular weight excluding hydrogens is 164 g/mol. The van der Waals surface area contributed by atoms with Gasteiger partial charge >= 0.3 is 0 Å². The summed E-state index contributed by atoms with van der Waals surface area (Å²) in [5.74, 6) is 0.502. The summed E-state index contributed by atoms with van der Waals surface area (Å²) in [6.07, 6.45) is 3.48. The van der Waals surface area contributed by atoms with Gasteiger partial charge in [-0.1, -0.05) is 0 Å². The Kier molecular flexibility index (Phi) is 4.70. The first kappa shape index (κ1) is 11.0. The van der Waals surface area contributed by atoms with Crippen LogP contribution >= 0.6 is 0 Å². The van der Waals surface area contributed by atoms with E-state index in [0.29, 0.717) is 18.6 Å². The molecule has 0 aliphatic carbocycles. The molecule has 0 amide bonds. The first-order valence-corrected chi connectivity index (χ1v) is 5.31. The van der Waals surface area contributed by atoms with Crippen LogP contribution in [0.15, 0.2) is 0 Å². The molecule has 1 saturated heterocycles. The Hall–Kier alpha value is -0.120. The predicted molar refractivity (Wildman–Crippen MR) is 54.5 cm³/mol. The molecule has 1 rings (SSSR count). The molecule has 1 aliphatic heterocycles. The van der Waals surface area contributed by atoms with Crippen LogP contribution in [0.1, 0.15) is 26.2 Å². The number of hydrogen-bond donors (Lipinski definition) is 2. The lowest BCUT2D eigenvalue weighted by Gasteiger charge is -2.32. The second kappa shape index (κ2) is 5.58. The maximum atomic E-state index is 9.03. The van der Waals surface area contributed by atoms with Crippen molar-refractivity contribution < 1.29 is 5.11 Å². The molecule has 1 aliphatic rings. The van der Waals surface area contributed by atoms with Crippen molar-refractivity contribution >= 4 is 0 Å². The van der Waals surface area contributed by atoms with Gasteiger partial charge in [-0.25, -0.2) is 0 Å². The fraction of sp³-hybridized carbons (Fsp3) is 1.00. The number of nitrogens with zero attached hydrogens (tertiary/aromatic N) is 1. The van der Waals surface area contributed by atoms with Crippen LogP contribution in [-0.4, -0.2) is 42.3 Å². The van der Waals surface area contributed by atoms with E-state index in [-0.39, 0.29) is 0 Å². The third kappa shape index (κ3) is 4.07. The number of nitrogens with two attached hydrogens (primary N) is 1. The molecule has 1 heterocycles. The molecule has 1 fully saturated rings. The van der Waals surface area contributed by atoms with E-state index in [1.165, 1.54) is 19.4 Å². The molecule has 3 nitrogen and oxygen atoms in total. The van der Waals surface area contributed by atoms with E-state index in [2.05, 4.69) is 4.90 Å². The smallest absolute Gasteiger partial charge is 0.0471 e. The molecule has 3 heteroatoms. The van der Waals surface area contributed by atoms with Gasteiger partial charge in [0.15, 0.2) is 0 Å². The average molecular weight is 186 g/mol. The van der Waals surface area contributed by atoms with Crippen LogP contribution in [0.5, 0.6) is 0 Å². The summed E-state index contributed by atoms with van der Waals surface area (Å²) in [5.41, 5.74) is 5.70. The highest BCUT2D eigenvalue weighted by Gasteiger charge is 2.18. The first-order valence-electron chi connectivity index (χ1n) is 5.31. The molecule has 2 atom stereocenters. The topological polar surface area (TPSA) is 49.5 Å². The van der Waals surface area contributed by atoms with Crippen LogP contribution in [0.25, 0.3) is 0 Å². The molecule has 0 saturated carbocycles. The van der Waals surface area contributed by atoms with Crippen LogP contribution < -0.4 is 5.73 Å². The Balaban J connectivity index is 2.18. The van der Waals surface area contributed by atoms with Gasteiger partial charge in [0.25, 0.3) is 0 Å². The zero-order valence-corrected chi connectivity index (χ0v) is 8.58. The van der Waals surface area contributed by atoms with Crippen molar-refractivity contribution in [3.05, 3.63) is 0 Å². The number of rotatable bonds is 4. The first-order chi connectivity index (χ1) is 6.22. The van der Waals surface area contributed by atoms with E-state index in [9.17, 15) is 0 Å². The van der Waals surface area contributed by atoms with Gasteiger partial charge in [-0.15, -0.1) is 0 Å². The summed E-state index contributed by atoms with van der Waals surface area (Å²) in [4.78, 5) is 2.42. The Labute approximate surface area is 80.9 Å². The summed E-state index contributed by atoms with van der Waals surface area (Å²) in [7, 11) is 0. The minimum atomic E-state index is 0.300. The maximum Gasteiger partial charge on any atom is 0.0471 e. The van der Waals surface area contributed by atoms with E-state index in [1.807, 2.05) is 6.92 Å². The molecule has 3 N–H and O–H groups in total. The molecule has 0 spiro atoms. The third-order valence-electron chi connectivity index (χ3n) is 2.76. The monoisotopic (exact) mass is 186 g/mol. The van der Waals surface area contributed by atoms with E-state index in [4.69, 9.17) is 10.8 Å². The lowest BCUT2D eigenvalue weighted by molar-refractivity contribution is 0.118. The van der Waals surface area contributed by atoms with Gasteiger partial charge in [-0.3, -0.25) is 0 Å². The molecular formula is C10H22N2O. The Morgan fingerprint density at radius 1 is 1.62 bits per heavy atom. The zero-order valence-electron chi connectivity index (χ0n) is 8.58. The van der Waals surface area contributed by atoms with Crippen LogP contribution in [0, 0.1) is 5.92 Å². The molecule has 0 aromatic carbocycles. The number of piperidine rings is 1. The fourth-order valence-corrected chi connectivity index (χ4v) is 1.89. The van der Waals surface area contributed by atoms with Gasteiger partial charge in [-0.2, -0.15) is 0 Å². The van der Waals surface area contributed by atoms with Crippen molar-refractivity contribution in [2.45, 2.75) is 32.2 Å². The Bertz CT molecular complexity index is 139. The molecule has 0 aromatic heterocycles. The number of likely N-dealkylation sites (tertiary alicyclic amines) is 1. The van der Waals surface area contributed by atoms with Crippen molar-refractivity contribution in [3.8, 4) is 0 Å². The Morgan fingerprint density at radius 3 is 3.00 bits per heavy atom. The van der Waals surface area contributed by atoms with Crippen molar-refractivity contribution in [1.29, 1.82) is 0 Å². The van der Waals surface area contributed by atoms with E-state index < -0.39 is 0 Å². The van der Waals surface area contributed by atoms with Gasteiger partial charge in [-0.05, 0) is 45.2 Å². The predicted octanol–water partition coefficient (Wildman–Crippen LogP) is 0.428. The second-order valence-electron chi connectivity index (χ2n) is 4.26. The van der Waals surface area contributed by atoms with Crippen molar-refractivity contribution in [2.75, 3.05) is 26.2 Å². The summed E-state index contributed by atoms with van der Waals surface area (Å²) in [6.45, 7) is 5.72. The van der Waals surface area contributed by atoms with Gasteiger partial charge < -0.3 is 15.7 Å². The molecule has 2 unspecified atom stereocenters. The second-order valence-corrected chi connectivity index (χ2v) is 4.26. The van der Waals surface area contributed by atoms with E-state index in [1.54, 1.807) is 0 Å². The lowest BCUT2D eigenvalue weighted by Crippen LogP contribution is -2.38. The van der Waals surface area contributed by atoms with Crippen LogP contribution in [-0.2, 0) is 0 Å². The summed E-state index contributed by atoms with van der Waals surface area (Å²) in [6, 6.07) is 0.300. The summed E-state index contributed by atoms with van der Waals surface area (Å²) < 4.78 is 0. The quantitative estimate of drug-likeness (QED) is 0.669. The summed E-state index contributed by atoms with van der Waals surface area (Å²) in [5, 5.41) is 9.03. The largest absolute Gasteiger partial charge is 0.396 e. The highest BCUT2D eigenvalue weighted by Crippen LogP contribution is 2.15. The fourth-order valence-electron chi connectivity index (χ4n) is 1.89. The highest BCUT2D eigenvalue weighted by atomic mass is 16.3. The Morgan fingerprint density at radius 2 is 2.38 bits per heavy atom. The van der Waals surface area contributed by atoms with Crippen LogP contribution in [0.3, 0.4) is 0 Å². The highest BCUT2D eigenvalue weighted by molar-refractivity contribution is 4.73. The normalized spacial score (nSPS) is 27.5. The van der Waals surface area contributed by atoms with Crippen LogP contribution in [0.2, 0.25) is 0 Å². The zero-order chi connectivity index (χ0) is 9.68. The standard InChI is InChI=1S/C10H22N2O/c1-9(11)4-6-12-5-2-3-10(7-12)8-13/h9-10,13H,2-8,11H2,1H3. The molecule has 13 heavy (non-hydrogen) atoms.